The van der Waals surface area contributed by atoms with Gasteiger partial charge in [-0.15, -0.1) is 0 Å². The summed E-state index contributed by atoms with van der Waals surface area (Å²) >= 11 is 0. The Labute approximate surface area is 111 Å². The molecule has 2 unspecified atom stereocenters. The van der Waals surface area contributed by atoms with Crippen LogP contribution >= 0.6 is 0 Å². The van der Waals surface area contributed by atoms with Gasteiger partial charge in [0.1, 0.15) is 0 Å². The summed E-state index contributed by atoms with van der Waals surface area (Å²) in [5.74, 6) is 0.329. The van der Waals surface area contributed by atoms with Crippen molar-refractivity contribution < 1.29 is 4.79 Å². The molecule has 2 saturated heterocycles. The van der Waals surface area contributed by atoms with Crippen LogP contribution in [0.15, 0.2) is 0 Å². The highest BCUT2D eigenvalue weighted by atomic mass is 16.2. The van der Waals surface area contributed by atoms with Crippen molar-refractivity contribution in [2.75, 3.05) is 6.54 Å². The summed E-state index contributed by atoms with van der Waals surface area (Å²) in [6, 6.07) is 1.78. The van der Waals surface area contributed by atoms with E-state index in [-0.39, 0.29) is 5.41 Å². The molecule has 0 aromatic carbocycles. The number of hydrogen-bond donors (Lipinski definition) is 1. The predicted octanol–water partition coefficient (Wildman–Crippen LogP) is 2.55. The highest BCUT2D eigenvalue weighted by Crippen LogP contribution is 2.31. The van der Waals surface area contributed by atoms with E-state index in [0.29, 0.717) is 24.0 Å². The first kappa shape index (κ1) is 13.9. The largest absolute Gasteiger partial charge is 0.339 e. The third kappa shape index (κ3) is 2.87. The minimum atomic E-state index is -0.251. The summed E-state index contributed by atoms with van der Waals surface area (Å²) < 4.78 is 0. The van der Waals surface area contributed by atoms with Crippen LogP contribution in [-0.2, 0) is 4.79 Å². The molecule has 0 aliphatic carbocycles. The van der Waals surface area contributed by atoms with Crippen molar-refractivity contribution >= 4 is 5.91 Å². The number of rotatable bonds is 3. The van der Waals surface area contributed by atoms with Crippen molar-refractivity contribution in [2.45, 2.75) is 77.9 Å². The number of nitrogens with one attached hydrogen (secondary N) is 1. The number of hydrogen-bond acceptors (Lipinski definition) is 2. The zero-order chi connectivity index (χ0) is 13.3. The average Bonchev–Trinajstić information content (AvgIpc) is 2.63. The second-order valence-corrected chi connectivity index (χ2v) is 7.01. The molecule has 1 amide bonds. The first-order valence-electron chi connectivity index (χ1n) is 7.49. The van der Waals surface area contributed by atoms with Crippen LogP contribution in [0.3, 0.4) is 0 Å². The molecule has 2 bridgehead atoms. The lowest BCUT2D eigenvalue weighted by Gasteiger charge is -2.40. The SMILES string of the molecule is CCCN(C(=O)C(C)(C)C)C1CC2CCC(C1)N2. The Balaban J connectivity index is 2.08. The maximum atomic E-state index is 12.6. The van der Waals surface area contributed by atoms with Crippen molar-refractivity contribution in [3.63, 3.8) is 0 Å². The van der Waals surface area contributed by atoms with Crippen LogP contribution in [0, 0.1) is 5.41 Å². The summed E-state index contributed by atoms with van der Waals surface area (Å²) in [6.07, 6.45) is 5.95. The van der Waals surface area contributed by atoms with Gasteiger partial charge in [0, 0.05) is 30.1 Å². The molecule has 0 aromatic heterocycles. The first-order chi connectivity index (χ1) is 8.41. The molecule has 0 aromatic rings. The molecule has 2 aliphatic rings. The van der Waals surface area contributed by atoms with Gasteiger partial charge in [-0.2, -0.15) is 0 Å². The first-order valence-corrected chi connectivity index (χ1v) is 7.49. The molecule has 2 heterocycles. The Bertz CT molecular complexity index is 296. The molecule has 2 fully saturated rings. The lowest BCUT2D eigenvalue weighted by Crippen LogP contribution is -2.53. The molecular weight excluding hydrogens is 224 g/mol. The Morgan fingerprint density at radius 3 is 2.22 bits per heavy atom. The summed E-state index contributed by atoms with van der Waals surface area (Å²) in [6.45, 7) is 9.19. The number of nitrogens with zero attached hydrogens (tertiary/aromatic N) is 1. The van der Waals surface area contributed by atoms with Crippen LogP contribution in [0.2, 0.25) is 0 Å². The van der Waals surface area contributed by atoms with Crippen LogP contribution in [0.4, 0.5) is 0 Å². The van der Waals surface area contributed by atoms with E-state index in [9.17, 15) is 4.79 Å². The molecule has 2 aliphatic heterocycles. The highest BCUT2D eigenvalue weighted by Gasteiger charge is 2.39. The Morgan fingerprint density at radius 1 is 1.22 bits per heavy atom. The van der Waals surface area contributed by atoms with E-state index in [0.717, 1.165) is 25.8 Å². The summed E-state index contributed by atoms with van der Waals surface area (Å²) in [4.78, 5) is 14.8. The Hall–Kier alpha value is -0.570. The van der Waals surface area contributed by atoms with E-state index < -0.39 is 0 Å². The average molecular weight is 252 g/mol. The smallest absolute Gasteiger partial charge is 0.228 e. The molecule has 3 nitrogen and oxygen atoms in total. The molecule has 2 rings (SSSR count). The van der Waals surface area contributed by atoms with E-state index in [1.807, 2.05) is 20.8 Å². The van der Waals surface area contributed by atoms with Crippen LogP contribution in [-0.4, -0.2) is 35.5 Å². The van der Waals surface area contributed by atoms with Gasteiger partial charge < -0.3 is 10.2 Å². The third-order valence-corrected chi connectivity index (χ3v) is 4.26. The fraction of sp³-hybridized carbons (Fsp3) is 0.933. The Kier molecular flexibility index (Phi) is 4.00. The zero-order valence-electron chi connectivity index (χ0n) is 12.3. The lowest BCUT2D eigenvalue weighted by atomic mass is 9.91. The van der Waals surface area contributed by atoms with E-state index in [2.05, 4.69) is 17.1 Å². The van der Waals surface area contributed by atoms with Crippen molar-refractivity contribution in [1.29, 1.82) is 0 Å². The summed E-state index contributed by atoms with van der Waals surface area (Å²) in [5.41, 5.74) is -0.251. The molecule has 0 saturated carbocycles. The van der Waals surface area contributed by atoms with Gasteiger partial charge in [0.15, 0.2) is 0 Å². The molecular formula is C15H28N2O. The van der Waals surface area contributed by atoms with Crippen LogP contribution in [0.5, 0.6) is 0 Å². The van der Waals surface area contributed by atoms with Gasteiger partial charge in [-0.1, -0.05) is 27.7 Å². The maximum Gasteiger partial charge on any atom is 0.228 e. The van der Waals surface area contributed by atoms with E-state index >= 15 is 0 Å². The minimum Gasteiger partial charge on any atom is -0.339 e. The van der Waals surface area contributed by atoms with Crippen molar-refractivity contribution in [1.82, 2.24) is 10.2 Å². The maximum absolute atomic E-state index is 12.6. The standard InChI is InChI=1S/C15H28N2O/c1-5-8-17(14(18)15(2,3)4)13-9-11-6-7-12(10-13)16-11/h11-13,16H,5-10H2,1-4H3. The third-order valence-electron chi connectivity index (χ3n) is 4.26. The fourth-order valence-corrected chi connectivity index (χ4v) is 3.40. The van der Waals surface area contributed by atoms with Crippen LogP contribution in [0.25, 0.3) is 0 Å². The number of carbonyl (C=O) groups excluding carboxylic acids is 1. The van der Waals surface area contributed by atoms with Gasteiger partial charge in [0.25, 0.3) is 0 Å². The quantitative estimate of drug-likeness (QED) is 0.837. The normalized spacial score (nSPS) is 31.4. The predicted molar refractivity (Wildman–Crippen MR) is 74.4 cm³/mol. The van der Waals surface area contributed by atoms with Gasteiger partial charge in [-0.3, -0.25) is 4.79 Å². The molecule has 18 heavy (non-hydrogen) atoms. The Morgan fingerprint density at radius 2 is 1.78 bits per heavy atom. The van der Waals surface area contributed by atoms with E-state index in [1.165, 1.54) is 12.8 Å². The van der Waals surface area contributed by atoms with Crippen molar-refractivity contribution in [2.24, 2.45) is 5.41 Å². The fourth-order valence-electron chi connectivity index (χ4n) is 3.40. The summed E-state index contributed by atoms with van der Waals surface area (Å²) in [5, 5.41) is 3.66. The molecule has 104 valence electrons. The molecule has 3 heteroatoms. The van der Waals surface area contributed by atoms with Gasteiger partial charge in [-0.25, -0.2) is 0 Å². The van der Waals surface area contributed by atoms with E-state index in [1.54, 1.807) is 0 Å². The monoisotopic (exact) mass is 252 g/mol. The lowest BCUT2D eigenvalue weighted by molar-refractivity contribution is -0.142. The van der Waals surface area contributed by atoms with Crippen LogP contribution in [0.1, 0.15) is 59.8 Å². The van der Waals surface area contributed by atoms with Crippen molar-refractivity contribution in [3.05, 3.63) is 0 Å². The summed E-state index contributed by atoms with van der Waals surface area (Å²) in [7, 11) is 0. The van der Waals surface area contributed by atoms with Gasteiger partial charge in [0.2, 0.25) is 5.91 Å². The van der Waals surface area contributed by atoms with Gasteiger partial charge in [-0.05, 0) is 32.1 Å². The molecule has 2 atom stereocenters. The zero-order valence-corrected chi connectivity index (χ0v) is 12.3. The van der Waals surface area contributed by atoms with E-state index in [4.69, 9.17) is 0 Å². The van der Waals surface area contributed by atoms with Crippen molar-refractivity contribution in [3.8, 4) is 0 Å². The highest BCUT2D eigenvalue weighted by molar-refractivity contribution is 5.81. The van der Waals surface area contributed by atoms with Gasteiger partial charge >= 0.3 is 0 Å². The topological polar surface area (TPSA) is 32.3 Å². The number of piperidine rings is 1. The molecule has 1 N–H and O–H groups in total. The molecule has 0 spiro atoms. The number of carbonyl (C=O) groups is 1. The minimum absolute atomic E-state index is 0.251. The van der Waals surface area contributed by atoms with Crippen LogP contribution < -0.4 is 5.32 Å². The number of fused-ring (bicyclic) bond motifs is 2. The second kappa shape index (κ2) is 5.20. The van der Waals surface area contributed by atoms with Gasteiger partial charge in [0.05, 0.1) is 0 Å². The molecule has 0 radical (unpaired) electrons. The second-order valence-electron chi connectivity index (χ2n) is 7.01. The number of amides is 1.